The molecule has 1 saturated heterocycles. The zero-order chi connectivity index (χ0) is 14.7. The van der Waals surface area contributed by atoms with Crippen LogP contribution in [0.5, 0.6) is 0 Å². The second kappa shape index (κ2) is 6.35. The monoisotopic (exact) mass is 340 g/mol. The van der Waals surface area contributed by atoms with Crippen molar-refractivity contribution in [2.24, 2.45) is 5.92 Å². The van der Waals surface area contributed by atoms with Crippen LogP contribution < -0.4 is 0 Å². The molecule has 20 heavy (non-hydrogen) atoms. The lowest BCUT2D eigenvalue weighted by Crippen LogP contribution is -2.40. The Labute approximate surface area is 126 Å². The van der Waals surface area contributed by atoms with E-state index in [2.05, 4.69) is 15.9 Å². The van der Waals surface area contributed by atoms with Crippen molar-refractivity contribution >= 4 is 27.5 Å². The molecule has 1 aliphatic rings. The number of hydrogen-bond acceptors (Lipinski definition) is 3. The van der Waals surface area contributed by atoms with E-state index in [1.54, 1.807) is 30.0 Å². The van der Waals surface area contributed by atoms with Gasteiger partial charge in [-0.3, -0.25) is 14.9 Å². The quantitative estimate of drug-likeness (QED) is 0.482. The molecule has 1 amide bonds. The SMILES string of the molecule is Cc1cccc(C(=O)N2CCCC(CBr)C2)c1[N+](=O)[O-]. The Morgan fingerprint density at radius 2 is 2.30 bits per heavy atom. The van der Waals surface area contributed by atoms with Gasteiger partial charge in [0.1, 0.15) is 5.56 Å². The molecule has 0 N–H and O–H groups in total. The average Bonchev–Trinajstić information content (AvgIpc) is 2.45. The van der Waals surface area contributed by atoms with E-state index in [4.69, 9.17) is 0 Å². The molecule has 0 spiro atoms. The third kappa shape index (κ3) is 3.00. The highest BCUT2D eigenvalue weighted by molar-refractivity contribution is 9.09. The molecule has 1 heterocycles. The molecular weight excluding hydrogens is 324 g/mol. The van der Waals surface area contributed by atoms with Gasteiger partial charge in [0.15, 0.2) is 0 Å². The summed E-state index contributed by atoms with van der Waals surface area (Å²) < 4.78 is 0. The van der Waals surface area contributed by atoms with Crippen LogP contribution in [0.4, 0.5) is 5.69 Å². The minimum absolute atomic E-state index is 0.0709. The van der Waals surface area contributed by atoms with Crippen molar-refractivity contribution in [3.63, 3.8) is 0 Å². The second-order valence-electron chi connectivity index (χ2n) is 5.14. The van der Waals surface area contributed by atoms with Crippen molar-refractivity contribution in [2.45, 2.75) is 19.8 Å². The lowest BCUT2D eigenvalue weighted by Gasteiger charge is -2.31. The van der Waals surface area contributed by atoms with Crippen molar-refractivity contribution in [1.82, 2.24) is 4.90 Å². The molecule has 108 valence electrons. The number of nitro benzene ring substituents is 1. The molecule has 1 atom stereocenters. The summed E-state index contributed by atoms with van der Waals surface area (Å²) >= 11 is 3.45. The van der Waals surface area contributed by atoms with Crippen LogP contribution in [0.2, 0.25) is 0 Å². The minimum atomic E-state index is -0.464. The zero-order valence-corrected chi connectivity index (χ0v) is 12.9. The van der Waals surface area contributed by atoms with Crippen LogP contribution in [0.25, 0.3) is 0 Å². The summed E-state index contributed by atoms with van der Waals surface area (Å²) in [7, 11) is 0. The van der Waals surface area contributed by atoms with Crippen molar-refractivity contribution in [1.29, 1.82) is 0 Å². The number of piperidine rings is 1. The molecular formula is C14H17BrN2O3. The van der Waals surface area contributed by atoms with Crippen LogP contribution in [-0.4, -0.2) is 34.2 Å². The fourth-order valence-corrected chi connectivity index (χ4v) is 3.15. The summed E-state index contributed by atoms with van der Waals surface area (Å²) in [6, 6.07) is 4.90. The predicted molar refractivity (Wildman–Crippen MR) is 80.3 cm³/mol. The Morgan fingerprint density at radius 1 is 1.55 bits per heavy atom. The molecule has 1 aromatic carbocycles. The number of aryl methyl sites for hydroxylation is 1. The van der Waals surface area contributed by atoms with Gasteiger partial charge in [-0.25, -0.2) is 0 Å². The number of benzene rings is 1. The number of para-hydroxylation sites is 1. The highest BCUT2D eigenvalue weighted by atomic mass is 79.9. The van der Waals surface area contributed by atoms with Gasteiger partial charge in [-0.15, -0.1) is 0 Å². The Balaban J connectivity index is 2.29. The lowest BCUT2D eigenvalue weighted by atomic mass is 9.98. The predicted octanol–water partition coefficient (Wildman–Crippen LogP) is 3.15. The van der Waals surface area contributed by atoms with E-state index in [9.17, 15) is 14.9 Å². The first kappa shape index (κ1) is 15.0. The first-order valence-corrected chi connectivity index (χ1v) is 7.76. The van der Waals surface area contributed by atoms with E-state index in [-0.39, 0.29) is 17.2 Å². The van der Waals surface area contributed by atoms with Crippen LogP contribution in [-0.2, 0) is 0 Å². The van der Waals surface area contributed by atoms with Gasteiger partial charge in [0.2, 0.25) is 0 Å². The molecule has 0 aliphatic carbocycles. The maximum Gasteiger partial charge on any atom is 0.285 e. The van der Waals surface area contributed by atoms with E-state index in [0.717, 1.165) is 18.2 Å². The number of nitrogens with zero attached hydrogens (tertiary/aromatic N) is 2. The summed E-state index contributed by atoms with van der Waals surface area (Å²) in [5.41, 5.74) is 0.651. The standard InChI is InChI=1S/C14H17BrN2O3/c1-10-4-2-6-12(13(10)17(19)20)14(18)16-7-3-5-11(8-15)9-16/h2,4,6,11H,3,5,7-9H2,1H3. The highest BCUT2D eigenvalue weighted by Gasteiger charge is 2.29. The van der Waals surface area contributed by atoms with E-state index >= 15 is 0 Å². The van der Waals surface area contributed by atoms with E-state index in [0.29, 0.717) is 24.6 Å². The Kier molecular flexibility index (Phi) is 4.75. The van der Waals surface area contributed by atoms with Crippen molar-refractivity contribution in [3.05, 3.63) is 39.4 Å². The number of carbonyl (C=O) groups excluding carboxylic acids is 1. The summed E-state index contributed by atoms with van der Waals surface area (Å²) in [5, 5.41) is 12.0. The summed E-state index contributed by atoms with van der Waals surface area (Å²) in [6.45, 7) is 3.00. The molecule has 1 unspecified atom stereocenters. The summed E-state index contributed by atoms with van der Waals surface area (Å²) in [6.07, 6.45) is 2.03. The number of hydrogen-bond donors (Lipinski definition) is 0. The van der Waals surface area contributed by atoms with Crippen LogP contribution in [0, 0.1) is 23.0 Å². The fraction of sp³-hybridized carbons (Fsp3) is 0.500. The number of amides is 1. The topological polar surface area (TPSA) is 63.5 Å². The van der Waals surface area contributed by atoms with Crippen molar-refractivity contribution < 1.29 is 9.72 Å². The highest BCUT2D eigenvalue weighted by Crippen LogP contribution is 2.26. The molecule has 1 aliphatic heterocycles. The molecule has 0 bridgehead atoms. The number of likely N-dealkylation sites (tertiary alicyclic amines) is 1. The molecule has 1 aromatic rings. The van der Waals surface area contributed by atoms with Crippen molar-refractivity contribution in [2.75, 3.05) is 18.4 Å². The molecule has 2 rings (SSSR count). The second-order valence-corrected chi connectivity index (χ2v) is 5.79. The minimum Gasteiger partial charge on any atom is -0.338 e. The fourth-order valence-electron chi connectivity index (χ4n) is 2.62. The van der Waals surface area contributed by atoms with Gasteiger partial charge in [-0.05, 0) is 31.7 Å². The van der Waals surface area contributed by atoms with Gasteiger partial charge in [-0.1, -0.05) is 28.1 Å². The molecule has 1 fully saturated rings. The number of carbonyl (C=O) groups is 1. The first-order chi connectivity index (χ1) is 9.54. The van der Waals surface area contributed by atoms with E-state index in [1.165, 1.54) is 0 Å². The van der Waals surface area contributed by atoms with Gasteiger partial charge in [-0.2, -0.15) is 0 Å². The normalized spacial score (nSPS) is 18.9. The van der Waals surface area contributed by atoms with Gasteiger partial charge in [0.25, 0.3) is 11.6 Å². The van der Waals surface area contributed by atoms with Crippen molar-refractivity contribution in [3.8, 4) is 0 Å². The number of nitro groups is 1. The Hall–Kier alpha value is -1.43. The smallest absolute Gasteiger partial charge is 0.285 e. The van der Waals surface area contributed by atoms with Crippen LogP contribution in [0.1, 0.15) is 28.8 Å². The van der Waals surface area contributed by atoms with E-state index < -0.39 is 4.92 Å². The van der Waals surface area contributed by atoms with E-state index in [1.807, 2.05) is 0 Å². The molecule has 0 aromatic heterocycles. The molecule has 5 nitrogen and oxygen atoms in total. The van der Waals surface area contributed by atoms with Crippen LogP contribution >= 0.6 is 15.9 Å². The van der Waals surface area contributed by atoms with Gasteiger partial charge in [0, 0.05) is 24.0 Å². The third-order valence-electron chi connectivity index (χ3n) is 3.68. The first-order valence-electron chi connectivity index (χ1n) is 6.63. The Morgan fingerprint density at radius 3 is 2.95 bits per heavy atom. The summed E-state index contributed by atoms with van der Waals surface area (Å²) in [4.78, 5) is 25.0. The molecule has 0 radical (unpaired) electrons. The average molecular weight is 341 g/mol. The van der Waals surface area contributed by atoms with Gasteiger partial charge in [0.05, 0.1) is 4.92 Å². The molecule has 6 heteroatoms. The maximum atomic E-state index is 12.5. The van der Waals surface area contributed by atoms with Gasteiger partial charge < -0.3 is 4.90 Å². The number of alkyl halides is 1. The number of halogens is 1. The largest absolute Gasteiger partial charge is 0.338 e. The maximum absolute atomic E-state index is 12.5. The molecule has 0 saturated carbocycles. The lowest BCUT2D eigenvalue weighted by molar-refractivity contribution is -0.385. The van der Waals surface area contributed by atoms with Gasteiger partial charge >= 0.3 is 0 Å². The van der Waals surface area contributed by atoms with Crippen LogP contribution in [0.15, 0.2) is 18.2 Å². The summed E-state index contributed by atoms with van der Waals surface area (Å²) in [5.74, 6) is 0.197. The third-order valence-corrected chi connectivity index (χ3v) is 4.59. The Bertz CT molecular complexity index is 533. The number of rotatable bonds is 3. The van der Waals surface area contributed by atoms with Crippen LogP contribution in [0.3, 0.4) is 0 Å². The zero-order valence-electron chi connectivity index (χ0n) is 11.3.